The summed E-state index contributed by atoms with van der Waals surface area (Å²) in [5.74, 6) is 0.574. The average molecular weight is 366 g/mol. The molecule has 0 amide bonds. The lowest BCUT2D eigenvalue weighted by Gasteiger charge is -2.09. The first-order chi connectivity index (χ1) is 11.9. The van der Waals surface area contributed by atoms with Gasteiger partial charge in [0.1, 0.15) is 0 Å². The van der Waals surface area contributed by atoms with Gasteiger partial charge in [-0.3, -0.25) is 0 Å². The van der Waals surface area contributed by atoms with E-state index in [1.165, 1.54) is 18.3 Å². The van der Waals surface area contributed by atoms with Crippen molar-refractivity contribution in [1.29, 1.82) is 0 Å². The van der Waals surface area contributed by atoms with Crippen LogP contribution >= 0.6 is 11.6 Å². The normalized spacial score (nSPS) is 11.2. The number of rotatable bonds is 4. The van der Waals surface area contributed by atoms with Crippen LogP contribution in [-0.4, -0.2) is 15.2 Å². The predicted octanol–water partition coefficient (Wildman–Crippen LogP) is 5.03. The molecule has 0 saturated carbocycles. The van der Waals surface area contributed by atoms with Crippen molar-refractivity contribution < 1.29 is 13.2 Å². The number of anilines is 4. The van der Waals surface area contributed by atoms with Crippen molar-refractivity contribution in [3.8, 4) is 0 Å². The van der Waals surface area contributed by atoms with E-state index in [1.807, 2.05) is 0 Å². The van der Waals surface area contributed by atoms with Gasteiger partial charge in [-0.1, -0.05) is 11.6 Å². The molecule has 0 bridgehead atoms. The SMILES string of the molecule is FC(F)(F)c1ccc(Nc2nncc(Nc3ccc(Cl)cc3)n2)cc1. The van der Waals surface area contributed by atoms with E-state index in [2.05, 4.69) is 25.8 Å². The number of benzene rings is 2. The summed E-state index contributed by atoms with van der Waals surface area (Å²) < 4.78 is 37.7. The molecule has 25 heavy (non-hydrogen) atoms. The maximum atomic E-state index is 12.6. The quantitative estimate of drug-likeness (QED) is 0.679. The Bertz CT molecular complexity index is 851. The maximum absolute atomic E-state index is 12.6. The molecule has 2 aromatic carbocycles. The smallest absolute Gasteiger partial charge is 0.339 e. The average Bonchev–Trinajstić information content (AvgIpc) is 2.57. The topological polar surface area (TPSA) is 62.7 Å². The minimum absolute atomic E-state index is 0.152. The number of hydrogen-bond donors (Lipinski definition) is 2. The van der Waals surface area contributed by atoms with E-state index in [-0.39, 0.29) is 5.95 Å². The Labute approximate surface area is 145 Å². The van der Waals surface area contributed by atoms with Crippen molar-refractivity contribution >= 4 is 34.7 Å². The molecule has 0 fully saturated rings. The molecule has 0 radical (unpaired) electrons. The first-order valence-corrected chi connectivity index (χ1v) is 7.44. The van der Waals surface area contributed by atoms with Gasteiger partial charge in [-0.2, -0.15) is 23.3 Å². The number of nitrogens with zero attached hydrogens (tertiary/aromatic N) is 3. The van der Waals surface area contributed by atoms with E-state index in [4.69, 9.17) is 11.6 Å². The Hall–Kier alpha value is -2.87. The minimum atomic E-state index is -4.38. The Kier molecular flexibility index (Phi) is 4.71. The summed E-state index contributed by atoms with van der Waals surface area (Å²) in [4.78, 5) is 4.21. The van der Waals surface area contributed by atoms with Crippen molar-refractivity contribution in [2.24, 2.45) is 0 Å². The molecule has 9 heteroatoms. The Morgan fingerprint density at radius 2 is 1.44 bits per heavy atom. The maximum Gasteiger partial charge on any atom is 0.416 e. The number of hydrogen-bond acceptors (Lipinski definition) is 5. The van der Waals surface area contributed by atoms with Gasteiger partial charge in [0.15, 0.2) is 5.82 Å². The second-order valence-electron chi connectivity index (χ2n) is 5.00. The molecule has 0 aliphatic carbocycles. The molecule has 1 heterocycles. The molecular weight excluding hydrogens is 355 g/mol. The van der Waals surface area contributed by atoms with E-state index in [0.29, 0.717) is 16.5 Å². The van der Waals surface area contributed by atoms with Crippen LogP contribution < -0.4 is 10.6 Å². The second kappa shape index (κ2) is 6.94. The van der Waals surface area contributed by atoms with Crippen molar-refractivity contribution in [2.45, 2.75) is 6.18 Å². The standard InChI is InChI=1S/C16H11ClF3N5/c17-11-3-7-12(8-4-11)22-14-9-21-25-15(24-14)23-13-5-1-10(2-6-13)16(18,19)20/h1-9H,(H2,22,23,24,25). The molecule has 0 atom stereocenters. The van der Waals surface area contributed by atoms with Crippen LogP contribution in [0, 0.1) is 0 Å². The molecule has 2 N–H and O–H groups in total. The number of aromatic nitrogens is 3. The summed E-state index contributed by atoms with van der Waals surface area (Å²) in [7, 11) is 0. The van der Waals surface area contributed by atoms with Crippen LogP contribution in [0.25, 0.3) is 0 Å². The summed E-state index contributed by atoms with van der Waals surface area (Å²) in [5, 5.41) is 14.1. The third-order valence-corrected chi connectivity index (χ3v) is 3.40. The highest BCUT2D eigenvalue weighted by Crippen LogP contribution is 2.30. The molecule has 0 unspecified atom stereocenters. The van der Waals surface area contributed by atoms with Gasteiger partial charge in [0, 0.05) is 16.4 Å². The van der Waals surface area contributed by atoms with Gasteiger partial charge in [0.05, 0.1) is 11.8 Å². The lowest BCUT2D eigenvalue weighted by atomic mass is 10.2. The zero-order chi connectivity index (χ0) is 17.9. The number of alkyl halides is 3. The molecule has 5 nitrogen and oxygen atoms in total. The minimum Gasteiger partial charge on any atom is -0.339 e. The van der Waals surface area contributed by atoms with Crippen LogP contribution in [0.15, 0.2) is 54.7 Å². The highest BCUT2D eigenvalue weighted by Gasteiger charge is 2.29. The largest absolute Gasteiger partial charge is 0.416 e. The predicted molar refractivity (Wildman–Crippen MR) is 89.3 cm³/mol. The van der Waals surface area contributed by atoms with Crippen molar-refractivity contribution in [2.75, 3.05) is 10.6 Å². The molecular formula is C16H11ClF3N5. The van der Waals surface area contributed by atoms with E-state index in [1.54, 1.807) is 24.3 Å². The summed E-state index contributed by atoms with van der Waals surface area (Å²) in [6.07, 6.45) is -2.95. The van der Waals surface area contributed by atoms with Gasteiger partial charge in [0.2, 0.25) is 5.95 Å². The third-order valence-electron chi connectivity index (χ3n) is 3.14. The molecule has 0 spiro atoms. The van der Waals surface area contributed by atoms with E-state index in [0.717, 1.165) is 17.8 Å². The van der Waals surface area contributed by atoms with Gasteiger partial charge in [-0.15, -0.1) is 5.10 Å². The van der Waals surface area contributed by atoms with E-state index < -0.39 is 11.7 Å². The fraction of sp³-hybridized carbons (Fsp3) is 0.0625. The molecule has 0 aliphatic heterocycles. The first-order valence-electron chi connectivity index (χ1n) is 7.07. The lowest BCUT2D eigenvalue weighted by Crippen LogP contribution is -2.05. The van der Waals surface area contributed by atoms with Gasteiger partial charge >= 0.3 is 6.18 Å². The summed E-state index contributed by atoms with van der Waals surface area (Å²) in [6, 6.07) is 11.5. The lowest BCUT2D eigenvalue weighted by molar-refractivity contribution is -0.137. The Balaban J connectivity index is 1.72. The van der Waals surface area contributed by atoms with Crippen LogP contribution in [0.2, 0.25) is 5.02 Å². The van der Waals surface area contributed by atoms with Gasteiger partial charge in [-0.05, 0) is 48.5 Å². The van der Waals surface area contributed by atoms with Gasteiger partial charge in [-0.25, -0.2) is 0 Å². The van der Waals surface area contributed by atoms with Crippen molar-refractivity contribution in [3.05, 3.63) is 65.3 Å². The summed E-state index contributed by atoms with van der Waals surface area (Å²) in [6.45, 7) is 0. The fourth-order valence-corrected chi connectivity index (χ4v) is 2.10. The second-order valence-corrected chi connectivity index (χ2v) is 5.43. The Morgan fingerprint density at radius 1 is 0.840 bits per heavy atom. The number of halogens is 4. The van der Waals surface area contributed by atoms with Crippen LogP contribution in [0.1, 0.15) is 5.56 Å². The van der Waals surface area contributed by atoms with Gasteiger partial charge < -0.3 is 10.6 Å². The van der Waals surface area contributed by atoms with Gasteiger partial charge in [0.25, 0.3) is 0 Å². The van der Waals surface area contributed by atoms with E-state index in [9.17, 15) is 13.2 Å². The fourth-order valence-electron chi connectivity index (χ4n) is 1.97. The summed E-state index contributed by atoms with van der Waals surface area (Å²) in [5.41, 5.74) is 0.444. The molecule has 0 saturated heterocycles. The Morgan fingerprint density at radius 3 is 2.08 bits per heavy atom. The zero-order valence-corrected chi connectivity index (χ0v) is 13.3. The molecule has 3 rings (SSSR count). The van der Waals surface area contributed by atoms with Crippen LogP contribution in [-0.2, 0) is 6.18 Å². The first kappa shape index (κ1) is 17.0. The molecule has 3 aromatic rings. The number of nitrogens with one attached hydrogen (secondary N) is 2. The van der Waals surface area contributed by atoms with Crippen LogP contribution in [0.3, 0.4) is 0 Å². The molecule has 0 aliphatic rings. The molecule has 128 valence electrons. The van der Waals surface area contributed by atoms with Crippen LogP contribution in [0.4, 0.5) is 36.3 Å². The van der Waals surface area contributed by atoms with Crippen LogP contribution in [0.5, 0.6) is 0 Å². The van der Waals surface area contributed by atoms with Crippen molar-refractivity contribution in [3.63, 3.8) is 0 Å². The third kappa shape index (κ3) is 4.57. The highest BCUT2D eigenvalue weighted by atomic mass is 35.5. The monoisotopic (exact) mass is 365 g/mol. The van der Waals surface area contributed by atoms with Crippen molar-refractivity contribution in [1.82, 2.24) is 15.2 Å². The molecule has 1 aromatic heterocycles. The van der Waals surface area contributed by atoms with E-state index >= 15 is 0 Å². The zero-order valence-electron chi connectivity index (χ0n) is 12.5. The summed E-state index contributed by atoms with van der Waals surface area (Å²) >= 11 is 5.82. The highest BCUT2D eigenvalue weighted by molar-refractivity contribution is 6.30.